The molecule has 7 nitrogen and oxygen atoms in total. The standard InChI is InChI=1S/C14H14N6OS2/c1-20-3-2-9-7(5-20)4-8-10(15)11(23-13(8)17-9)12(21)18-14-19-16-6-22-14/h4,6H,2-3,5,15H2,1H3,(H,18,19,21). The van der Waals surface area contributed by atoms with E-state index >= 15 is 0 Å². The van der Waals surface area contributed by atoms with E-state index in [1.165, 1.54) is 28.2 Å². The Balaban J connectivity index is 1.74. The number of aromatic nitrogens is 3. The summed E-state index contributed by atoms with van der Waals surface area (Å²) in [7, 11) is 2.09. The second kappa shape index (κ2) is 5.52. The van der Waals surface area contributed by atoms with Crippen molar-refractivity contribution in [1.82, 2.24) is 20.1 Å². The lowest BCUT2D eigenvalue weighted by atomic mass is 10.0. The quantitative estimate of drug-likeness (QED) is 0.736. The summed E-state index contributed by atoms with van der Waals surface area (Å²) in [6, 6.07) is 2.07. The van der Waals surface area contributed by atoms with Gasteiger partial charge in [0.25, 0.3) is 5.91 Å². The summed E-state index contributed by atoms with van der Waals surface area (Å²) in [5, 5.41) is 11.5. The number of amides is 1. The first kappa shape index (κ1) is 14.5. The van der Waals surface area contributed by atoms with Crippen LogP contribution < -0.4 is 11.1 Å². The van der Waals surface area contributed by atoms with Gasteiger partial charge < -0.3 is 10.6 Å². The van der Waals surface area contributed by atoms with E-state index in [-0.39, 0.29) is 5.91 Å². The van der Waals surface area contributed by atoms with Crippen molar-refractivity contribution in [1.29, 1.82) is 0 Å². The van der Waals surface area contributed by atoms with Crippen LogP contribution >= 0.6 is 22.7 Å². The Morgan fingerprint density at radius 3 is 3.13 bits per heavy atom. The Labute approximate surface area is 140 Å². The van der Waals surface area contributed by atoms with Crippen LogP contribution in [0.1, 0.15) is 20.9 Å². The van der Waals surface area contributed by atoms with E-state index in [0.717, 1.165) is 35.4 Å². The molecule has 0 saturated carbocycles. The monoisotopic (exact) mass is 346 g/mol. The highest BCUT2D eigenvalue weighted by Crippen LogP contribution is 2.35. The van der Waals surface area contributed by atoms with Crippen molar-refractivity contribution in [3.8, 4) is 0 Å². The molecule has 0 unspecified atom stereocenters. The van der Waals surface area contributed by atoms with E-state index in [9.17, 15) is 4.79 Å². The van der Waals surface area contributed by atoms with Crippen LogP contribution in [0.15, 0.2) is 11.6 Å². The average molecular weight is 346 g/mol. The Bertz CT molecular complexity index is 888. The number of nitrogen functional groups attached to an aromatic ring is 1. The molecule has 0 saturated heterocycles. The van der Waals surface area contributed by atoms with Crippen molar-refractivity contribution in [3.63, 3.8) is 0 Å². The Kier molecular flexibility index (Phi) is 3.47. The number of pyridine rings is 1. The molecule has 1 amide bonds. The van der Waals surface area contributed by atoms with Gasteiger partial charge in [-0.05, 0) is 18.7 Å². The third kappa shape index (κ3) is 2.56. The molecule has 0 bridgehead atoms. The van der Waals surface area contributed by atoms with Gasteiger partial charge in [0.15, 0.2) is 0 Å². The average Bonchev–Trinajstić information content (AvgIpc) is 3.14. The van der Waals surface area contributed by atoms with Crippen LogP contribution in [-0.4, -0.2) is 39.6 Å². The second-order valence-electron chi connectivity index (χ2n) is 5.48. The van der Waals surface area contributed by atoms with Gasteiger partial charge in [0.05, 0.1) is 5.69 Å². The summed E-state index contributed by atoms with van der Waals surface area (Å²) in [6.07, 6.45) is 0.923. The van der Waals surface area contributed by atoms with E-state index in [0.29, 0.717) is 15.7 Å². The highest BCUT2D eigenvalue weighted by molar-refractivity contribution is 7.21. The third-order valence-electron chi connectivity index (χ3n) is 3.85. The number of thiophene rings is 1. The second-order valence-corrected chi connectivity index (χ2v) is 7.31. The van der Waals surface area contributed by atoms with Gasteiger partial charge in [-0.15, -0.1) is 21.5 Å². The van der Waals surface area contributed by atoms with Gasteiger partial charge in [0.1, 0.15) is 15.2 Å². The summed E-state index contributed by atoms with van der Waals surface area (Å²) in [6.45, 7) is 1.86. The van der Waals surface area contributed by atoms with Crippen LogP contribution in [0.25, 0.3) is 10.2 Å². The number of anilines is 2. The lowest BCUT2D eigenvalue weighted by Gasteiger charge is -2.24. The van der Waals surface area contributed by atoms with Crippen LogP contribution in [0.5, 0.6) is 0 Å². The minimum atomic E-state index is -0.266. The highest BCUT2D eigenvalue weighted by atomic mass is 32.1. The lowest BCUT2D eigenvalue weighted by Crippen LogP contribution is -2.27. The molecule has 0 atom stereocenters. The maximum Gasteiger partial charge on any atom is 0.269 e. The van der Waals surface area contributed by atoms with Gasteiger partial charge in [-0.2, -0.15) is 0 Å². The fourth-order valence-electron chi connectivity index (χ4n) is 2.69. The molecule has 9 heteroatoms. The van der Waals surface area contributed by atoms with Gasteiger partial charge in [-0.1, -0.05) is 11.3 Å². The number of fused-ring (bicyclic) bond motifs is 2. The SMILES string of the molecule is CN1CCc2nc3sc(C(=O)Nc4nncs4)c(N)c3cc2C1. The zero-order valence-corrected chi connectivity index (χ0v) is 14.0. The number of hydrogen-bond acceptors (Lipinski definition) is 8. The van der Waals surface area contributed by atoms with Gasteiger partial charge in [0, 0.05) is 30.6 Å². The first-order valence-corrected chi connectivity index (χ1v) is 8.78. The largest absolute Gasteiger partial charge is 0.397 e. The zero-order chi connectivity index (χ0) is 16.0. The molecule has 4 heterocycles. The number of nitrogens with two attached hydrogens (primary N) is 1. The van der Waals surface area contributed by atoms with Crippen LogP contribution in [0, 0.1) is 0 Å². The highest BCUT2D eigenvalue weighted by Gasteiger charge is 2.22. The van der Waals surface area contributed by atoms with Crippen molar-refractivity contribution in [2.75, 3.05) is 24.6 Å². The van der Waals surface area contributed by atoms with Crippen molar-refractivity contribution in [3.05, 3.63) is 27.7 Å². The van der Waals surface area contributed by atoms with Gasteiger partial charge in [-0.3, -0.25) is 10.1 Å². The summed E-state index contributed by atoms with van der Waals surface area (Å²) >= 11 is 2.59. The lowest BCUT2D eigenvalue weighted by molar-refractivity contribution is 0.103. The maximum atomic E-state index is 12.4. The van der Waals surface area contributed by atoms with Crippen molar-refractivity contribution >= 4 is 49.6 Å². The summed E-state index contributed by atoms with van der Waals surface area (Å²) in [5.41, 5.74) is 10.5. The predicted molar refractivity (Wildman–Crippen MR) is 91.9 cm³/mol. The normalized spacial score (nSPS) is 14.8. The first-order chi connectivity index (χ1) is 11.1. The first-order valence-electron chi connectivity index (χ1n) is 7.08. The third-order valence-corrected chi connectivity index (χ3v) is 5.57. The zero-order valence-electron chi connectivity index (χ0n) is 12.4. The minimum Gasteiger partial charge on any atom is -0.397 e. The molecule has 3 aromatic heterocycles. The molecule has 4 rings (SSSR count). The van der Waals surface area contributed by atoms with Crippen molar-refractivity contribution in [2.45, 2.75) is 13.0 Å². The minimum absolute atomic E-state index is 0.266. The van der Waals surface area contributed by atoms with Crippen LogP contribution in [-0.2, 0) is 13.0 Å². The Morgan fingerprint density at radius 2 is 2.35 bits per heavy atom. The summed E-state index contributed by atoms with van der Waals surface area (Å²) in [4.78, 5) is 20.7. The molecule has 3 aromatic rings. The molecule has 0 aromatic carbocycles. The van der Waals surface area contributed by atoms with Gasteiger partial charge in [0.2, 0.25) is 5.13 Å². The topological polar surface area (TPSA) is 97.0 Å². The van der Waals surface area contributed by atoms with E-state index in [4.69, 9.17) is 10.7 Å². The van der Waals surface area contributed by atoms with E-state index < -0.39 is 0 Å². The number of nitrogens with zero attached hydrogens (tertiary/aromatic N) is 4. The van der Waals surface area contributed by atoms with E-state index in [1.54, 1.807) is 5.51 Å². The smallest absolute Gasteiger partial charge is 0.269 e. The molecule has 1 aliphatic rings. The molecular weight excluding hydrogens is 332 g/mol. The molecule has 0 aliphatic carbocycles. The van der Waals surface area contributed by atoms with Crippen LogP contribution in [0.4, 0.5) is 10.8 Å². The fraction of sp³-hybridized carbons (Fsp3) is 0.286. The van der Waals surface area contributed by atoms with Crippen molar-refractivity contribution in [2.24, 2.45) is 0 Å². The number of nitrogens with one attached hydrogen (secondary N) is 1. The number of carbonyl (C=O) groups excluding carboxylic acids is 1. The maximum absolute atomic E-state index is 12.4. The van der Waals surface area contributed by atoms with E-state index in [1.807, 2.05) is 0 Å². The Hall–Kier alpha value is -2.10. The van der Waals surface area contributed by atoms with Crippen LogP contribution in [0.2, 0.25) is 0 Å². The summed E-state index contributed by atoms with van der Waals surface area (Å²) < 4.78 is 0. The molecule has 118 valence electrons. The number of rotatable bonds is 2. The van der Waals surface area contributed by atoms with Gasteiger partial charge in [-0.25, -0.2) is 4.98 Å². The van der Waals surface area contributed by atoms with Gasteiger partial charge >= 0.3 is 0 Å². The molecular formula is C14H14N6OS2. The van der Waals surface area contributed by atoms with Crippen molar-refractivity contribution < 1.29 is 4.79 Å². The molecule has 0 fully saturated rings. The van der Waals surface area contributed by atoms with Crippen LogP contribution in [0.3, 0.4) is 0 Å². The fourth-order valence-corrected chi connectivity index (χ4v) is 4.12. The molecule has 1 aliphatic heterocycles. The molecule has 23 heavy (non-hydrogen) atoms. The number of hydrogen-bond donors (Lipinski definition) is 2. The number of carbonyl (C=O) groups is 1. The van der Waals surface area contributed by atoms with E-state index in [2.05, 4.69) is 33.5 Å². The molecule has 0 radical (unpaired) electrons. The number of likely N-dealkylation sites (N-methyl/N-ethyl adjacent to an activating group) is 1. The molecule has 0 spiro atoms. The predicted octanol–water partition coefficient (Wildman–Crippen LogP) is 1.97. The Morgan fingerprint density at radius 1 is 1.48 bits per heavy atom. The summed E-state index contributed by atoms with van der Waals surface area (Å²) in [5.74, 6) is -0.266. The molecule has 3 N–H and O–H groups in total.